The maximum Gasteiger partial charge on any atom is 0.411 e. The summed E-state index contributed by atoms with van der Waals surface area (Å²) in [6.07, 6.45) is -0.567. The van der Waals surface area contributed by atoms with Gasteiger partial charge in [-0.05, 0) is 56.2 Å². The minimum absolute atomic E-state index is 0.264. The molecule has 132 valence electrons. The van der Waals surface area contributed by atoms with Crippen molar-refractivity contribution in [2.24, 2.45) is 5.73 Å². The molecule has 0 spiro atoms. The first-order valence-corrected chi connectivity index (χ1v) is 7.83. The van der Waals surface area contributed by atoms with Gasteiger partial charge in [-0.3, -0.25) is 10.2 Å². The van der Waals surface area contributed by atoms with Gasteiger partial charge in [0.05, 0.1) is 18.0 Å². The van der Waals surface area contributed by atoms with E-state index < -0.39 is 12.1 Å². The highest BCUT2D eigenvalue weighted by Crippen LogP contribution is 2.33. The van der Waals surface area contributed by atoms with Crippen molar-refractivity contribution in [1.82, 2.24) is 0 Å². The lowest BCUT2D eigenvalue weighted by Gasteiger charge is -2.25. The number of ether oxygens (including phenoxy) is 1. The van der Waals surface area contributed by atoms with Crippen LogP contribution in [0.4, 0.5) is 32.3 Å². The van der Waals surface area contributed by atoms with Gasteiger partial charge >= 0.3 is 12.1 Å². The third kappa shape index (κ3) is 4.20. The Morgan fingerprint density at radius 3 is 2.28 bits per heavy atom. The number of carbonyl (C=O) groups is 2. The SMILES string of the molecule is CCOC(=O)Nc1ccc(C)c(N(C(N)=O)c2cc(N)ccc2C)c1. The van der Waals surface area contributed by atoms with Crippen LogP contribution in [0.1, 0.15) is 18.1 Å². The molecular formula is C18H22N4O3. The van der Waals surface area contributed by atoms with E-state index in [2.05, 4.69) is 5.32 Å². The van der Waals surface area contributed by atoms with Gasteiger partial charge in [0.2, 0.25) is 0 Å². The summed E-state index contributed by atoms with van der Waals surface area (Å²) in [7, 11) is 0. The number of nitrogens with two attached hydrogens (primary N) is 2. The van der Waals surface area contributed by atoms with Gasteiger partial charge in [0, 0.05) is 11.4 Å². The Hall–Kier alpha value is -3.22. The Labute approximate surface area is 146 Å². The average Bonchev–Trinajstić information content (AvgIpc) is 2.54. The van der Waals surface area contributed by atoms with Gasteiger partial charge in [-0.2, -0.15) is 0 Å². The summed E-state index contributed by atoms with van der Waals surface area (Å²) in [6.45, 7) is 5.69. The lowest BCUT2D eigenvalue weighted by atomic mass is 10.1. The molecule has 0 radical (unpaired) electrons. The van der Waals surface area contributed by atoms with Crippen LogP contribution in [0, 0.1) is 13.8 Å². The van der Waals surface area contributed by atoms with Crippen LogP contribution in [0.5, 0.6) is 0 Å². The number of carbonyl (C=O) groups excluding carboxylic acids is 2. The van der Waals surface area contributed by atoms with Crippen molar-refractivity contribution in [3.05, 3.63) is 47.5 Å². The summed E-state index contributed by atoms with van der Waals surface area (Å²) in [5.41, 5.74) is 15.3. The molecule has 2 aromatic carbocycles. The van der Waals surface area contributed by atoms with Crippen molar-refractivity contribution >= 4 is 34.9 Å². The summed E-state index contributed by atoms with van der Waals surface area (Å²) in [5, 5.41) is 2.62. The van der Waals surface area contributed by atoms with Crippen molar-refractivity contribution in [3.8, 4) is 0 Å². The van der Waals surface area contributed by atoms with E-state index in [1.54, 1.807) is 37.3 Å². The number of hydrogen-bond acceptors (Lipinski definition) is 4. The van der Waals surface area contributed by atoms with Crippen LogP contribution in [0.25, 0.3) is 0 Å². The van der Waals surface area contributed by atoms with Crippen molar-refractivity contribution in [2.45, 2.75) is 20.8 Å². The van der Waals surface area contributed by atoms with Crippen LogP contribution in [0.3, 0.4) is 0 Å². The molecule has 0 atom stereocenters. The molecule has 7 heteroatoms. The molecule has 0 aliphatic rings. The smallest absolute Gasteiger partial charge is 0.411 e. The Bertz CT molecular complexity index is 805. The summed E-state index contributed by atoms with van der Waals surface area (Å²) >= 11 is 0. The standard InChI is InChI=1S/C18H22N4O3/c1-4-25-18(24)21-14-8-6-12(3)16(10-14)22(17(20)23)15-9-13(19)7-5-11(15)2/h5-10H,4,19H2,1-3H3,(H2,20,23)(H,21,24). The normalized spacial score (nSPS) is 10.2. The minimum atomic E-state index is -0.648. The molecule has 0 heterocycles. The van der Waals surface area contributed by atoms with E-state index in [1.807, 2.05) is 19.9 Å². The first-order valence-electron chi connectivity index (χ1n) is 7.83. The minimum Gasteiger partial charge on any atom is -0.450 e. The van der Waals surface area contributed by atoms with E-state index in [4.69, 9.17) is 16.2 Å². The second-order valence-corrected chi connectivity index (χ2v) is 5.57. The highest BCUT2D eigenvalue weighted by Gasteiger charge is 2.20. The van der Waals surface area contributed by atoms with Crippen LogP contribution in [0.15, 0.2) is 36.4 Å². The monoisotopic (exact) mass is 342 g/mol. The molecule has 0 unspecified atom stereocenters. The molecule has 0 saturated carbocycles. The molecule has 0 bridgehead atoms. The van der Waals surface area contributed by atoms with Gasteiger partial charge in [0.25, 0.3) is 0 Å². The Kier molecular flexibility index (Phi) is 5.49. The fraction of sp³-hybridized carbons (Fsp3) is 0.222. The number of nitrogens with zero attached hydrogens (tertiary/aromatic N) is 1. The zero-order valence-electron chi connectivity index (χ0n) is 14.5. The zero-order chi connectivity index (χ0) is 18.6. The highest BCUT2D eigenvalue weighted by molar-refractivity contribution is 6.01. The molecule has 7 nitrogen and oxygen atoms in total. The highest BCUT2D eigenvalue weighted by atomic mass is 16.5. The maximum absolute atomic E-state index is 12.1. The fourth-order valence-corrected chi connectivity index (χ4v) is 2.45. The number of primary amides is 1. The number of hydrogen-bond donors (Lipinski definition) is 3. The van der Waals surface area contributed by atoms with Crippen LogP contribution in [-0.2, 0) is 4.74 Å². The van der Waals surface area contributed by atoms with Gasteiger partial charge in [0.1, 0.15) is 0 Å². The van der Waals surface area contributed by atoms with Gasteiger partial charge in [0.15, 0.2) is 0 Å². The molecule has 2 aromatic rings. The average molecular weight is 342 g/mol. The van der Waals surface area contributed by atoms with E-state index in [0.29, 0.717) is 22.7 Å². The summed E-state index contributed by atoms with van der Waals surface area (Å²) in [6, 6.07) is 9.78. The second kappa shape index (κ2) is 7.57. The predicted octanol–water partition coefficient (Wildman–Crippen LogP) is 3.67. The quantitative estimate of drug-likeness (QED) is 0.736. The summed E-state index contributed by atoms with van der Waals surface area (Å²) in [4.78, 5) is 25.1. The van der Waals surface area contributed by atoms with Crippen LogP contribution >= 0.6 is 0 Å². The number of nitrogens with one attached hydrogen (secondary N) is 1. The zero-order valence-corrected chi connectivity index (χ0v) is 14.5. The van der Waals surface area contributed by atoms with Gasteiger partial charge < -0.3 is 16.2 Å². The molecule has 0 fully saturated rings. The van der Waals surface area contributed by atoms with Gasteiger partial charge in [-0.25, -0.2) is 9.59 Å². The molecule has 0 aromatic heterocycles. The Morgan fingerprint density at radius 1 is 1.08 bits per heavy atom. The van der Waals surface area contributed by atoms with Crippen molar-refractivity contribution < 1.29 is 14.3 Å². The first-order chi connectivity index (χ1) is 11.8. The molecule has 3 amide bonds. The second-order valence-electron chi connectivity index (χ2n) is 5.57. The molecule has 25 heavy (non-hydrogen) atoms. The number of nitrogen functional groups attached to an aromatic ring is 1. The van der Waals surface area contributed by atoms with E-state index >= 15 is 0 Å². The number of amides is 3. The predicted molar refractivity (Wildman–Crippen MR) is 99.1 cm³/mol. The molecule has 0 aliphatic carbocycles. The van der Waals surface area contributed by atoms with E-state index in [0.717, 1.165) is 11.1 Å². The van der Waals surface area contributed by atoms with Crippen LogP contribution in [-0.4, -0.2) is 18.7 Å². The topological polar surface area (TPSA) is 111 Å². The third-order valence-electron chi connectivity index (χ3n) is 3.67. The summed E-state index contributed by atoms with van der Waals surface area (Å²) in [5.74, 6) is 0. The number of rotatable bonds is 4. The Morgan fingerprint density at radius 2 is 1.68 bits per heavy atom. The molecular weight excluding hydrogens is 320 g/mol. The first kappa shape index (κ1) is 18.1. The van der Waals surface area contributed by atoms with Crippen LogP contribution in [0.2, 0.25) is 0 Å². The van der Waals surface area contributed by atoms with Crippen molar-refractivity contribution in [1.29, 1.82) is 0 Å². The largest absolute Gasteiger partial charge is 0.450 e. The van der Waals surface area contributed by atoms with E-state index in [1.165, 1.54) is 4.90 Å². The lowest BCUT2D eigenvalue weighted by Crippen LogP contribution is -2.32. The number of anilines is 4. The summed E-state index contributed by atoms with van der Waals surface area (Å²) < 4.78 is 4.87. The molecule has 2 rings (SSSR count). The lowest BCUT2D eigenvalue weighted by molar-refractivity contribution is 0.168. The van der Waals surface area contributed by atoms with Gasteiger partial charge in [-0.1, -0.05) is 12.1 Å². The van der Waals surface area contributed by atoms with E-state index in [-0.39, 0.29) is 6.61 Å². The van der Waals surface area contributed by atoms with Crippen LogP contribution < -0.4 is 21.7 Å². The van der Waals surface area contributed by atoms with Crippen molar-refractivity contribution in [2.75, 3.05) is 22.6 Å². The van der Waals surface area contributed by atoms with E-state index in [9.17, 15) is 9.59 Å². The maximum atomic E-state index is 12.1. The molecule has 0 aliphatic heterocycles. The van der Waals surface area contributed by atoms with Gasteiger partial charge in [-0.15, -0.1) is 0 Å². The fourth-order valence-electron chi connectivity index (χ4n) is 2.45. The third-order valence-corrected chi connectivity index (χ3v) is 3.67. The number of urea groups is 1. The molecule has 5 N–H and O–H groups in total. The van der Waals surface area contributed by atoms with Crippen molar-refractivity contribution in [3.63, 3.8) is 0 Å². The molecule has 0 saturated heterocycles. The number of benzene rings is 2. The Balaban J connectivity index is 2.49. The number of aryl methyl sites for hydroxylation is 2.